The predicted molar refractivity (Wildman–Crippen MR) is 78.1 cm³/mol. The van der Waals surface area contributed by atoms with Crippen LogP contribution in [0.25, 0.3) is 0 Å². The number of sulfone groups is 1. The molecule has 3 nitrogen and oxygen atoms in total. The molecule has 0 radical (unpaired) electrons. The third kappa shape index (κ3) is 3.81. The molecule has 0 bridgehead atoms. The Balaban J connectivity index is 1.98. The van der Waals surface area contributed by atoms with Crippen molar-refractivity contribution in [3.63, 3.8) is 0 Å². The highest BCUT2D eigenvalue weighted by Crippen LogP contribution is 2.13. The zero-order valence-electron chi connectivity index (χ0n) is 11.1. The second kappa shape index (κ2) is 6.05. The number of nitrogens with one attached hydrogen (secondary N) is 1. The molecule has 2 aromatic carbocycles. The van der Waals surface area contributed by atoms with Crippen molar-refractivity contribution >= 4 is 15.5 Å². The van der Waals surface area contributed by atoms with Gasteiger partial charge in [-0.2, -0.15) is 0 Å². The number of anilines is 1. The Hall–Kier alpha value is -1.88. The van der Waals surface area contributed by atoms with Gasteiger partial charge in [0.2, 0.25) is 0 Å². The normalized spacial score (nSPS) is 11.3. The fourth-order valence-electron chi connectivity index (χ4n) is 1.79. The van der Waals surface area contributed by atoms with Gasteiger partial charge in [-0.15, -0.1) is 0 Å². The summed E-state index contributed by atoms with van der Waals surface area (Å²) in [6, 6.07) is 12.7. The van der Waals surface area contributed by atoms with Gasteiger partial charge in [0.05, 0.1) is 10.6 Å². The van der Waals surface area contributed by atoms with Gasteiger partial charge in [0.25, 0.3) is 0 Å². The lowest BCUT2D eigenvalue weighted by Gasteiger charge is -2.08. The quantitative estimate of drug-likeness (QED) is 0.921. The van der Waals surface area contributed by atoms with E-state index >= 15 is 0 Å². The Labute approximate surface area is 118 Å². The molecule has 2 rings (SSSR count). The van der Waals surface area contributed by atoms with Gasteiger partial charge in [-0.05, 0) is 37.3 Å². The van der Waals surface area contributed by atoms with Crippen LogP contribution in [-0.4, -0.2) is 20.7 Å². The largest absolute Gasteiger partial charge is 0.384 e. The van der Waals surface area contributed by atoms with Crippen LogP contribution in [0.2, 0.25) is 0 Å². The van der Waals surface area contributed by atoms with Crippen LogP contribution in [0.5, 0.6) is 0 Å². The molecule has 0 atom stereocenters. The summed E-state index contributed by atoms with van der Waals surface area (Å²) in [5.74, 6) is -0.386. The highest BCUT2D eigenvalue weighted by Gasteiger charge is 2.13. The fraction of sp³-hybridized carbons (Fsp3) is 0.200. The Bertz CT molecular complexity index is 681. The van der Waals surface area contributed by atoms with Crippen LogP contribution in [0.15, 0.2) is 53.4 Å². The molecule has 0 heterocycles. The van der Waals surface area contributed by atoms with E-state index in [2.05, 4.69) is 5.32 Å². The molecule has 0 spiro atoms. The molecular formula is C15H16FNO2S. The molecule has 2 aromatic rings. The number of benzene rings is 2. The summed E-state index contributed by atoms with van der Waals surface area (Å²) >= 11 is 0. The summed E-state index contributed by atoms with van der Waals surface area (Å²) < 4.78 is 37.1. The number of rotatable bonds is 5. The van der Waals surface area contributed by atoms with E-state index in [9.17, 15) is 12.8 Å². The third-order valence-corrected chi connectivity index (χ3v) is 4.64. The molecule has 106 valence electrons. The van der Waals surface area contributed by atoms with E-state index in [1.54, 1.807) is 36.4 Å². The van der Waals surface area contributed by atoms with Gasteiger partial charge in [0.15, 0.2) is 9.84 Å². The molecule has 20 heavy (non-hydrogen) atoms. The SMILES string of the molecule is Cc1ccc(S(=O)(=O)CCNc2cccc(F)c2)cc1. The predicted octanol–water partition coefficient (Wildman–Crippen LogP) is 3.02. The average Bonchev–Trinajstić information content (AvgIpc) is 2.39. The molecule has 0 aliphatic rings. The smallest absolute Gasteiger partial charge is 0.180 e. The molecular weight excluding hydrogens is 277 g/mol. The highest BCUT2D eigenvalue weighted by atomic mass is 32.2. The van der Waals surface area contributed by atoms with Crippen LogP contribution in [0.3, 0.4) is 0 Å². The van der Waals surface area contributed by atoms with E-state index in [0.717, 1.165) is 5.56 Å². The van der Waals surface area contributed by atoms with Crippen LogP contribution < -0.4 is 5.32 Å². The lowest BCUT2D eigenvalue weighted by molar-refractivity contribution is 0.596. The first-order chi connectivity index (χ1) is 9.47. The van der Waals surface area contributed by atoms with Gasteiger partial charge in [-0.25, -0.2) is 12.8 Å². The Morgan fingerprint density at radius 2 is 1.80 bits per heavy atom. The first-order valence-corrected chi connectivity index (χ1v) is 7.91. The van der Waals surface area contributed by atoms with Crippen LogP contribution >= 0.6 is 0 Å². The Morgan fingerprint density at radius 3 is 2.45 bits per heavy atom. The van der Waals surface area contributed by atoms with E-state index in [0.29, 0.717) is 10.6 Å². The Kier molecular flexibility index (Phi) is 4.39. The summed E-state index contributed by atoms with van der Waals surface area (Å²) in [4.78, 5) is 0.309. The molecule has 0 fully saturated rings. The number of halogens is 1. The maximum Gasteiger partial charge on any atom is 0.180 e. The minimum Gasteiger partial charge on any atom is -0.384 e. The van der Waals surface area contributed by atoms with Crippen molar-refractivity contribution in [1.29, 1.82) is 0 Å². The minimum atomic E-state index is -3.31. The van der Waals surface area contributed by atoms with E-state index < -0.39 is 9.84 Å². The van der Waals surface area contributed by atoms with E-state index in [-0.39, 0.29) is 18.1 Å². The summed E-state index contributed by atoms with van der Waals surface area (Å²) in [7, 11) is -3.31. The first-order valence-electron chi connectivity index (χ1n) is 6.26. The molecule has 0 aliphatic heterocycles. The van der Waals surface area contributed by atoms with Crippen molar-refractivity contribution in [3.05, 3.63) is 59.9 Å². The summed E-state index contributed by atoms with van der Waals surface area (Å²) in [5.41, 5.74) is 1.59. The zero-order chi connectivity index (χ0) is 14.6. The van der Waals surface area contributed by atoms with Crippen molar-refractivity contribution in [3.8, 4) is 0 Å². The highest BCUT2D eigenvalue weighted by molar-refractivity contribution is 7.91. The van der Waals surface area contributed by atoms with Crippen molar-refractivity contribution in [2.75, 3.05) is 17.6 Å². The average molecular weight is 293 g/mol. The first kappa shape index (κ1) is 14.5. The van der Waals surface area contributed by atoms with E-state index in [4.69, 9.17) is 0 Å². The maximum atomic E-state index is 13.0. The second-order valence-electron chi connectivity index (χ2n) is 4.57. The van der Waals surface area contributed by atoms with Crippen LogP contribution in [0.4, 0.5) is 10.1 Å². The van der Waals surface area contributed by atoms with Crippen LogP contribution in [0.1, 0.15) is 5.56 Å². The number of aryl methyl sites for hydroxylation is 1. The van der Waals surface area contributed by atoms with Crippen molar-refractivity contribution < 1.29 is 12.8 Å². The Morgan fingerprint density at radius 1 is 1.10 bits per heavy atom. The maximum absolute atomic E-state index is 13.0. The molecule has 0 amide bonds. The molecule has 5 heteroatoms. The third-order valence-electron chi connectivity index (χ3n) is 2.90. The van der Waals surface area contributed by atoms with Gasteiger partial charge in [0.1, 0.15) is 5.82 Å². The molecule has 0 unspecified atom stereocenters. The molecule has 1 N–H and O–H groups in total. The fourth-order valence-corrected chi connectivity index (χ4v) is 2.95. The molecule has 0 aromatic heterocycles. The van der Waals surface area contributed by atoms with Crippen LogP contribution in [0, 0.1) is 12.7 Å². The van der Waals surface area contributed by atoms with Gasteiger partial charge in [-0.1, -0.05) is 23.8 Å². The topological polar surface area (TPSA) is 46.2 Å². The van der Waals surface area contributed by atoms with Crippen molar-refractivity contribution in [2.45, 2.75) is 11.8 Å². The molecule has 0 saturated heterocycles. The summed E-state index contributed by atoms with van der Waals surface area (Å²) in [5, 5.41) is 2.90. The van der Waals surface area contributed by atoms with Gasteiger partial charge >= 0.3 is 0 Å². The molecule has 0 aliphatic carbocycles. The van der Waals surface area contributed by atoms with Crippen LogP contribution in [-0.2, 0) is 9.84 Å². The zero-order valence-corrected chi connectivity index (χ0v) is 12.0. The monoisotopic (exact) mass is 293 g/mol. The van der Waals surface area contributed by atoms with E-state index in [1.807, 2.05) is 6.92 Å². The number of hydrogen-bond acceptors (Lipinski definition) is 3. The van der Waals surface area contributed by atoms with Gasteiger partial charge < -0.3 is 5.32 Å². The summed E-state index contributed by atoms with van der Waals surface area (Å²) in [6.07, 6.45) is 0. The lowest BCUT2D eigenvalue weighted by atomic mass is 10.2. The standard InChI is InChI=1S/C15H16FNO2S/c1-12-5-7-15(8-6-12)20(18,19)10-9-17-14-4-2-3-13(16)11-14/h2-8,11,17H,9-10H2,1H3. The molecule has 0 saturated carbocycles. The van der Waals surface area contributed by atoms with E-state index in [1.165, 1.54) is 12.1 Å². The van der Waals surface area contributed by atoms with Gasteiger partial charge in [0, 0.05) is 12.2 Å². The lowest BCUT2D eigenvalue weighted by Crippen LogP contribution is -2.16. The summed E-state index contributed by atoms with van der Waals surface area (Å²) in [6.45, 7) is 2.14. The second-order valence-corrected chi connectivity index (χ2v) is 6.68. The van der Waals surface area contributed by atoms with Crippen molar-refractivity contribution in [2.24, 2.45) is 0 Å². The van der Waals surface area contributed by atoms with Crippen molar-refractivity contribution in [1.82, 2.24) is 0 Å². The minimum absolute atomic E-state index is 0.0351. The van der Waals surface area contributed by atoms with Gasteiger partial charge in [-0.3, -0.25) is 0 Å². The number of hydrogen-bond donors (Lipinski definition) is 1.